The van der Waals surface area contributed by atoms with Gasteiger partial charge in [-0.15, -0.1) is 0 Å². The minimum Gasteiger partial charge on any atom is -0.464 e. The van der Waals surface area contributed by atoms with Crippen LogP contribution >= 0.6 is 22.6 Å². The van der Waals surface area contributed by atoms with Crippen molar-refractivity contribution in [3.63, 3.8) is 0 Å². The van der Waals surface area contributed by atoms with Crippen LogP contribution in [-0.4, -0.2) is 65.4 Å². The zero-order chi connectivity index (χ0) is 33.2. The van der Waals surface area contributed by atoms with Crippen LogP contribution < -0.4 is 10.6 Å². The lowest BCUT2D eigenvalue weighted by Gasteiger charge is -2.28. The number of halogens is 1. The van der Waals surface area contributed by atoms with Crippen LogP contribution in [0.3, 0.4) is 0 Å². The molecule has 2 amide bonds. The molecule has 4 unspecified atom stereocenters. The van der Waals surface area contributed by atoms with Crippen LogP contribution in [0.1, 0.15) is 45.2 Å². The van der Waals surface area contributed by atoms with Crippen molar-refractivity contribution in [3.8, 4) is 0 Å². The highest BCUT2D eigenvalue weighted by molar-refractivity contribution is 14.1. The quantitative estimate of drug-likeness (QED) is 0.0643. The summed E-state index contributed by atoms with van der Waals surface area (Å²) < 4.78 is 26.8. The third-order valence-corrected chi connectivity index (χ3v) is 6.88. The molecule has 2 aromatic rings. The van der Waals surface area contributed by atoms with Gasteiger partial charge in [0.25, 0.3) is 0 Å². The molecule has 2 rings (SSSR count). The van der Waals surface area contributed by atoms with Crippen LogP contribution in [0.15, 0.2) is 60.7 Å². The summed E-state index contributed by atoms with van der Waals surface area (Å²) in [6, 6.07) is 16.4. The smallest absolute Gasteiger partial charge is 0.408 e. The Morgan fingerprint density at radius 1 is 0.733 bits per heavy atom. The highest BCUT2D eigenvalue weighted by atomic mass is 127. The Kier molecular flexibility index (Phi) is 17.3. The van der Waals surface area contributed by atoms with Gasteiger partial charge in [-0.3, -0.25) is 4.79 Å². The van der Waals surface area contributed by atoms with Gasteiger partial charge in [0.05, 0.1) is 25.7 Å². The van der Waals surface area contributed by atoms with E-state index < -0.39 is 48.4 Å². The average molecular weight is 743 g/mol. The number of ether oxygens (including phenoxy) is 5. The van der Waals surface area contributed by atoms with Gasteiger partial charge in [0.15, 0.2) is 6.29 Å². The van der Waals surface area contributed by atoms with Gasteiger partial charge < -0.3 is 39.4 Å². The number of hydrogen-bond donors (Lipinski definition) is 3. The first-order valence-electron chi connectivity index (χ1n) is 14.6. The fourth-order valence-corrected chi connectivity index (χ4v) is 4.35. The van der Waals surface area contributed by atoms with Gasteiger partial charge in [-0.05, 0) is 45.6 Å². The summed E-state index contributed by atoms with van der Waals surface area (Å²) in [7, 11) is 0. The van der Waals surface area contributed by atoms with Crippen LogP contribution in [0.2, 0.25) is 0 Å². The lowest BCUT2D eigenvalue weighted by atomic mass is 10.0. The molecule has 4 atom stereocenters. The molecule has 0 bridgehead atoms. The van der Waals surface area contributed by atoms with E-state index in [1.54, 1.807) is 39.8 Å². The second-order valence-electron chi connectivity index (χ2n) is 11.0. The van der Waals surface area contributed by atoms with E-state index in [-0.39, 0.29) is 49.3 Å². The standard InChI is InChI=1S/C32H43IN2O10/c1-21(2)27(34-31(39)43-16-23-11-7-5-8-12-23)29(37)41-18-25(15-26(36)45-20-33)19-42-30(38)28(22(3)4)35-32(40)44-17-24-13-9-6-10-14-24/h5-14,21-22,25,27-29,37H,15-20H2,1-4H3,(H,34,39)(H,35,40). The van der Waals surface area contributed by atoms with E-state index in [2.05, 4.69) is 10.6 Å². The molecular formula is C32H43IN2O10. The van der Waals surface area contributed by atoms with Gasteiger partial charge in [-0.2, -0.15) is 0 Å². The molecule has 0 aromatic heterocycles. The summed E-state index contributed by atoms with van der Waals surface area (Å²) in [5.41, 5.74) is 1.60. The van der Waals surface area contributed by atoms with E-state index in [9.17, 15) is 24.3 Å². The topological polar surface area (TPSA) is 159 Å². The van der Waals surface area contributed by atoms with Crippen LogP contribution in [0.5, 0.6) is 0 Å². The first-order valence-corrected chi connectivity index (χ1v) is 16.1. The van der Waals surface area contributed by atoms with Crippen molar-refractivity contribution in [1.29, 1.82) is 0 Å². The minimum absolute atomic E-state index is 0.0319. The fourth-order valence-electron chi connectivity index (χ4n) is 4.01. The molecule has 0 aliphatic carbocycles. The first-order chi connectivity index (χ1) is 21.5. The maximum atomic E-state index is 13.0. The summed E-state index contributed by atoms with van der Waals surface area (Å²) >= 11 is 1.88. The Balaban J connectivity index is 1.95. The lowest BCUT2D eigenvalue weighted by Crippen LogP contribution is -2.48. The van der Waals surface area contributed by atoms with E-state index in [0.29, 0.717) is 0 Å². The average Bonchev–Trinajstić information content (AvgIpc) is 3.02. The van der Waals surface area contributed by atoms with Crippen LogP contribution in [0.4, 0.5) is 9.59 Å². The fraction of sp³-hybridized carbons (Fsp3) is 0.500. The van der Waals surface area contributed by atoms with E-state index >= 15 is 0 Å². The Morgan fingerprint density at radius 3 is 1.76 bits per heavy atom. The molecule has 0 radical (unpaired) electrons. The number of benzene rings is 2. The number of amides is 2. The summed E-state index contributed by atoms with van der Waals surface area (Å²) in [4.78, 5) is 50.0. The van der Waals surface area contributed by atoms with Crippen LogP contribution in [-0.2, 0) is 46.5 Å². The largest absolute Gasteiger partial charge is 0.464 e. The van der Waals surface area contributed by atoms with Crippen LogP contribution in [0, 0.1) is 17.8 Å². The highest BCUT2D eigenvalue weighted by Crippen LogP contribution is 2.15. The normalized spacial score (nSPS) is 13.7. The monoisotopic (exact) mass is 742 g/mol. The zero-order valence-corrected chi connectivity index (χ0v) is 28.1. The van der Waals surface area contributed by atoms with Crippen molar-refractivity contribution < 1.29 is 48.0 Å². The number of hydrogen-bond acceptors (Lipinski definition) is 10. The number of esters is 2. The third-order valence-electron chi connectivity index (χ3n) is 6.56. The van der Waals surface area contributed by atoms with Crippen molar-refractivity contribution in [2.45, 2.75) is 65.7 Å². The van der Waals surface area contributed by atoms with Crippen molar-refractivity contribution >= 4 is 46.7 Å². The number of aliphatic hydroxyl groups excluding tert-OH is 1. The lowest BCUT2D eigenvalue weighted by molar-refractivity contribution is -0.160. The second kappa shape index (κ2) is 20.6. The Bertz CT molecular complexity index is 1180. The summed E-state index contributed by atoms with van der Waals surface area (Å²) in [6.45, 7) is 6.68. The number of aliphatic hydroxyl groups is 1. The molecule has 0 aliphatic heterocycles. The van der Waals surface area contributed by atoms with Crippen LogP contribution in [0.25, 0.3) is 0 Å². The molecule has 13 heteroatoms. The Morgan fingerprint density at radius 2 is 1.27 bits per heavy atom. The number of nitrogens with one attached hydrogen (secondary N) is 2. The number of carbonyl (C=O) groups is 4. The van der Waals surface area contributed by atoms with Crippen molar-refractivity contribution in [2.75, 3.05) is 17.8 Å². The maximum Gasteiger partial charge on any atom is 0.408 e. The number of alkyl carbamates (subject to hydrolysis) is 2. The van der Waals surface area contributed by atoms with Gasteiger partial charge in [-0.25, -0.2) is 14.4 Å². The minimum atomic E-state index is -1.46. The highest BCUT2D eigenvalue weighted by Gasteiger charge is 2.30. The predicted octanol–water partition coefficient (Wildman–Crippen LogP) is 4.71. The number of rotatable bonds is 18. The van der Waals surface area contributed by atoms with E-state index in [0.717, 1.165) is 11.1 Å². The molecule has 12 nitrogen and oxygen atoms in total. The van der Waals surface area contributed by atoms with Gasteiger partial charge >= 0.3 is 24.1 Å². The second-order valence-corrected chi connectivity index (χ2v) is 11.6. The number of carbonyl (C=O) groups excluding carboxylic acids is 4. The molecule has 3 N–H and O–H groups in total. The molecule has 2 aromatic carbocycles. The summed E-state index contributed by atoms with van der Waals surface area (Å²) in [5, 5.41) is 15.9. The maximum absolute atomic E-state index is 13.0. The van der Waals surface area contributed by atoms with E-state index in [4.69, 9.17) is 23.7 Å². The van der Waals surface area contributed by atoms with E-state index in [1.807, 2.05) is 71.1 Å². The molecule has 0 saturated carbocycles. The third kappa shape index (κ3) is 14.9. The molecule has 0 aliphatic rings. The summed E-state index contributed by atoms with van der Waals surface area (Å²) in [5.74, 6) is -2.55. The molecular weight excluding hydrogens is 699 g/mol. The first kappa shape index (κ1) is 37.8. The Hall–Kier alpha value is -3.43. The zero-order valence-electron chi connectivity index (χ0n) is 26.0. The van der Waals surface area contributed by atoms with Gasteiger partial charge in [0.1, 0.15) is 23.9 Å². The molecule has 248 valence electrons. The SMILES string of the molecule is CC(C)C(NC(=O)OCc1ccccc1)C(=O)OCC(COC(O)C(NC(=O)OCc1ccccc1)C(C)C)CC(=O)OCI. The molecule has 0 heterocycles. The van der Waals surface area contributed by atoms with E-state index in [1.165, 1.54) is 0 Å². The van der Waals surface area contributed by atoms with Gasteiger partial charge in [0.2, 0.25) is 0 Å². The molecule has 0 fully saturated rings. The number of alkyl halides is 1. The van der Waals surface area contributed by atoms with Crippen molar-refractivity contribution in [1.82, 2.24) is 10.6 Å². The van der Waals surface area contributed by atoms with Gasteiger partial charge in [0, 0.05) is 5.92 Å². The van der Waals surface area contributed by atoms with Crippen molar-refractivity contribution in [3.05, 3.63) is 71.8 Å². The molecule has 0 spiro atoms. The molecule has 0 saturated heterocycles. The van der Waals surface area contributed by atoms with Crippen molar-refractivity contribution in [2.24, 2.45) is 17.8 Å². The Labute approximate surface area is 277 Å². The van der Waals surface area contributed by atoms with Gasteiger partial charge in [-0.1, -0.05) is 88.4 Å². The summed E-state index contributed by atoms with van der Waals surface area (Å²) in [6.07, 6.45) is -3.14. The molecule has 45 heavy (non-hydrogen) atoms. The predicted molar refractivity (Wildman–Crippen MR) is 173 cm³/mol.